The van der Waals surface area contributed by atoms with E-state index in [-0.39, 0.29) is 0 Å². The molecule has 0 saturated heterocycles. The first-order chi connectivity index (χ1) is 20.4. The largest absolute Gasteiger partial charge is 0.265 e. The van der Waals surface area contributed by atoms with E-state index in [2.05, 4.69) is 153 Å². The molecule has 0 radical (unpaired) electrons. The summed E-state index contributed by atoms with van der Waals surface area (Å²) in [5.74, 6) is 0. The predicted molar refractivity (Wildman–Crippen MR) is 172 cm³/mol. The highest BCUT2D eigenvalue weighted by Crippen LogP contribution is 2.36. The van der Waals surface area contributed by atoms with E-state index in [0.29, 0.717) is 0 Å². The molecule has 3 aromatic heterocycles. The Morgan fingerprint density at radius 2 is 0.780 bits per heavy atom. The SMILES string of the molecule is C(=C\c1ccc(N(n2c3ccccc3c3ccccc32)n2c3ccccc3c3ccccc32)cc1)/c1ccncc1. The summed E-state index contributed by atoms with van der Waals surface area (Å²) in [4.78, 5) is 4.12. The van der Waals surface area contributed by atoms with Gasteiger partial charge in [-0.25, -0.2) is 9.35 Å². The number of anilines is 1. The summed E-state index contributed by atoms with van der Waals surface area (Å²) < 4.78 is 4.71. The van der Waals surface area contributed by atoms with Gasteiger partial charge in [0.1, 0.15) is 0 Å². The molecule has 0 N–H and O–H groups in total. The monoisotopic (exact) mass is 526 g/mol. The van der Waals surface area contributed by atoms with Gasteiger partial charge in [0.2, 0.25) is 0 Å². The van der Waals surface area contributed by atoms with Crippen LogP contribution in [0, 0.1) is 0 Å². The average Bonchev–Trinajstić information content (AvgIpc) is 3.55. The molecule has 0 fully saturated rings. The van der Waals surface area contributed by atoms with Gasteiger partial charge in [-0.1, -0.05) is 97.1 Å². The van der Waals surface area contributed by atoms with Gasteiger partial charge in [-0.2, -0.15) is 5.12 Å². The van der Waals surface area contributed by atoms with Crippen LogP contribution in [0.5, 0.6) is 0 Å². The Kier molecular flexibility index (Phi) is 5.42. The van der Waals surface area contributed by atoms with Crippen LogP contribution in [0.3, 0.4) is 0 Å². The molecule has 0 atom stereocenters. The maximum atomic E-state index is 4.12. The summed E-state index contributed by atoms with van der Waals surface area (Å²) in [6.07, 6.45) is 7.90. The Hall–Kier alpha value is -5.61. The highest BCUT2D eigenvalue weighted by atomic mass is 15.8. The second-order valence-electron chi connectivity index (χ2n) is 10.2. The molecular formula is C37H26N4. The van der Waals surface area contributed by atoms with Gasteiger partial charge in [0, 0.05) is 33.9 Å². The zero-order chi connectivity index (χ0) is 27.2. The third-order valence-corrected chi connectivity index (χ3v) is 7.79. The minimum absolute atomic E-state index is 1.06. The van der Waals surface area contributed by atoms with Crippen LogP contribution in [-0.4, -0.2) is 14.3 Å². The normalized spacial score (nSPS) is 11.8. The Bertz CT molecular complexity index is 1980. The molecule has 0 bridgehead atoms. The molecule has 0 amide bonds. The van der Waals surface area contributed by atoms with E-state index < -0.39 is 0 Å². The molecule has 4 heteroatoms. The fraction of sp³-hybridized carbons (Fsp3) is 0. The number of fused-ring (bicyclic) bond motifs is 6. The molecule has 0 aliphatic carbocycles. The van der Waals surface area contributed by atoms with Crippen molar-refractivity contribution in [2.45, 2.75) is 0 Å². The van der Waals surface area contributed by atoms with Crippen LogP contribution >= 0.6 is 0 Å². The molecule has 8 aromatic rings. The van der Waals surface area contributed by atoms with Crippen LogP contribution in [-0.2, 0) is 0 Å². The zero-order valence-corrected chi connectivity index (χ0v) is 22.3. The van der Waals surface area contributed by atoms with Gasteiger partial charge in [0.25, 0.3) is 0 Å². The molecule has 4 nitrogen and oxygen atoms in total. The molecule has 8 rings (SSSR count). The minimum Gasteiger partial charge on any atom is -0.265 e. The Balaban J connectivity index is 1.40. The van der Waals surface area contributed by atoms with Crippen molar-refractivity contribution in [2.75, 3.05) is 5.12 Å². The minimum atomic E-state index is 1.06. The van der Waals surface area contributed by atoms with Crippen molar-refractivity contribution < 1.29 is 0 Å². The third kappa shape index (κ3) is 3.80. The quantitative estimate of drug-likeness (QED) is 0.223. The number of benzene rings is 5. The lowest BCUT2D eigenvalue weighted by atomic mass is 10.1. The summed E-state index contributed by atoms with van der Waals surface area (Å²) in [5, 5.41) is 7.24. The molecule has 5 aromatic carbocycles. The maximum absolute atomic E-state index is 4.12. The third-order valence-electron chi connectivity index (χ3n) is 7.79. The molecule has 3 heterocycles. The van der Waals surface area contributed by atoms with E-state index >= 15 is 0 Å². The molecule has 0 aliphatic heterocycles. The number of pyridine rings is 1. The summed E-state index contributed by atoms with van der Waals surface area (Å²) in [6.45, 7) is 0. The lowest BCUT2D eigenvalue weighted by Crippen LogP contribution is -2.34. The Morgan fingerprint density at radius 3 is 1.20 bits per heavy atom. The second-order valence-corrected chi connectivity index (χ2v) is 10.2. The fourth-order valence-electron chi connectivity index (χ4n) is 5.92. The van der Waals surface area contributed by atoms with Crippen molar-refractivity contribution in [1.82, 2.24) is 14.3 Å². The number of hydrogen-bond donors (Lipinski definition) is 0. The average molecular weight is 527 g/mol. The molecule has 194 valence electrons. The topological polar surface area (TPSA) is 26.0 Å². The van der Waals surface area contributed by atoms with E-state index in [1.165, 1.54) is 21.5 Å². The first-order valence-corrected chi connectivity index (χ1v) is 13.8. The van der Waals surface area contributed by atoms with Crippen LogP contribution in [0.2, 0.25) is 0 Å². The number of para-hydroxylation sites is 4. The summed E-state index contributed by atoms with van der Waals surface area (Å²) in [6, 6.07) is 47.5. The van der Waals surface area contributed by atoms with Crippen molar-refractivity contribution in [3.8, 4) is 0 Å². The van der Waals surface area contributed by atoms with E-state index in [9.17, 15) is 0 Å². The second kappa shape index (κ2) is 9.54. The Labute approximate surface area is 237 Å². The van der Waals surface area contributed by atoms with E-state index in [0.717, 1.165) is 38.9 Å². The van der Waals surface area contributed by atoms with Crippen LogP contribution in [0.15, 0.2) is 146 Å². The van der Waals surface area contributed by atoms with Crippen molar-refractivity contribution in [3.05, 3.63) is 157 Å². The number of nitrogens with zero attached hydrogens (tertiary/aromatic N) is 4. The first kappa shape index (κ1) is 23.3. The van der Waals surface area contributed by atoms with Crippen molar-refractivity contribution in [1.29, 1.82) is 0 Å². The highest BCUT2D eigenvalue weighted by molar-refractivity contribution is 6.10. The standard InChI is InChI=1S/C37H26N4/c1-5-13-34-30(9-1)31-10-2-6-14-35(31)39(34)41(29-21-19-27(20-22-29)17-18-28-23-25-38-26-24-28)40-36-15-7-3-11-32(36)33-12-4-8-16-37(33)40/h1-26H/b18-17+. The van der Waals surface area contributed by atoms with Gasteiger partial charge in [-0.3, -0.25) is 4.98 Å². The highest BCUT2D eigenvalue weighted by Gasteiger charge is 2.22. The molecule has 0 aliphatic rings. The number of aromatic nitrogens is 3. The summed E-state index contributed by atoms with van der Waals surface area (Å²) in [5.41, 5.74) is 7.92. The Morgan fingerprint density at radius 1 is 0.415 bits per heavy atom. The molecular weight excluding hydrogens is 500 g/mol. The number of hydrogen-bond acceptors (Lipinski definition) is 2. The van der Waals surface area contributed by atoms with E-state index in [1.807, 2.05) is 24.5 Å². The van der Waals surface area contributed by atoms with Crippen molar-refractivity contribution in [3.63, 3.8) is 0 Å². The lowest BCUT2D eigenvalue weighted by Gasteiger charge is -2.30. The van der Waals surface area contributed by atoms with E-state index in [4.69, 9.17) is 0 Å². The lowest BCUT2D eigenvalue weighted by molar-refractivity contribution is 0.675. The smallest absolute Gasteiger partial charge is 0.0825 e. The van der Waals surface area contributed by atoms with Gasteiger partial charge >= 0.3 is 0 Å². The number of rotatable bonds is 5. The summed E-state index contributed by atoms with van der Waals surface area (Å²) in [7, 11) is 0. The van der Waals surface area contributed by atoms with Gasteiger partial charge in [-0.05, 0) is 59.7 Å². The molecule has 0 unspecified atom stereocenters. The van der Waals surface area contributed by atoms with Gasteiger partial charge in [0.05, 0.1) is 27.8 Å². The predicted octanol–water partition coefficient (Wildman–Crippen LogP) is 9.20. The summed E-state index contributed by atoms with van der Waals surface area (Å²) >= 11 is 0. The first-order valence-electron chi connectivity index (χ1n) is 13.8. The van der Waals surface area contributed by atoms with Crippen LogP contribution in [0.4, 0.5) is 5.69 Å². The van der Waals surface area contributed by atoms with E-state index in [1.54, 1.807) is 0 Å². The fourth-order valence-corrected chi connectivity index (χ4v) is 5.92. The molecule has 0 spiro atoms. The van der Waals surface area contributed by atoms with Crippen molar-refractivity contribution >= 4 is 61.5 Å². The van der Waals surface area contributed by atoms with Crippen LogP contribution < -0.4 is 5.12 Å². The maximum Gasteiger partial charge on any atom is 0.0825 e. The molecule has 41 heavy (non-hydrogen) atoms. The molecule has 0 saturated carbocycles. The van der Waals surface area contributed by atoms with Gasteiger partial charge in [-0.15, -0.1) is 0 Å². The van der Waals surface area contributed by atoms with Crippen LogP contribution in [0.1, 0.15) is 11.1 Å². The van der Waals surface area contributed by atoms with Gasteiger partial charge in [0.15, 0.2) is 0 Å². The van der Waals surface area contributed by atoms with Crippen LogP contribution in [0.25, 0.3) is 55.8 Å². The van der Waals surface area contributed by atoms with Crippen molar-refractivity contribution in [2.24, 2.45) is 0 Å². The van der Waals surface area contributed by atoms with Gasteiger partial charge < -0.3 is 0 Å². The zero-order valence-electron chi connectivity index (χ0n) is 22.3.